The lowest BCUT2D eigenvalue weighted by Crippen LogP contribution is -2.54. The van der Waals surface area contributed by atoms with Crippen molar-refractivity contribution < 1.29 is 41.9 Å². The molecule has 1 heterocycles. The number of rotatable bonds is 10. The van der Waals surface area contributed by atoms with Gasteiger partial charge >= 0.3 is 18.2 Å². The van der Waals surface area contributed by atoms with Gasteiger partial charge in [0.1, 0.15) is 12.6 Å². The highest BCUT2D eigenvalue weighted by atomic mass is 19.4. The number of carbonyl (C=O) groups is 5. The van der Waals surface area contributed by atoms with E-state index in [4.69, 9.17) is 5.73 Å². The van der Waals surface area contributed by atoms with Crippen molar-refractivity contribution in [2.24, 2.45) is 17.6 Å². The van der Waals surface area contributed by atoms with E-state index >= 15 is 0 Å². The maximum atomic E-state index is 12.6. The minimum atomic E-state index is -5.05. The van der Waals surface area contributed by atoms with Gasteiger partial charge in [0.05, 0.1) is 6.04 Å². The summed E-state index contributed by atoms with van der Waals surface area (Å²) in [6.07, 6.45) is -4.89. The summed E-state index contributed by atoms with van der Waals surface area (Å²) in [6.45, 7) is 2.42. The van der Waals surface area contributed by atoms with Crippen LogP contribution in [0.2, 0.25) is 0 Å². The summed E-state index contributed by atoms with van der Waals surface area (Å²) in [5.74, 6) is -5.75. The van der Waals surface area contributed by atoms with Crippen LogP contribution in [0.4, 0.5) is 13.2 Å². The summed E-state index contributed by atoms with van der Waals surface area (Å²) in [5, 5.41) is 6.92. The van der Waals surface area contributed by atoms with Gasteiger partial charge in [0, 0.05) is 12.5 Å². The highest BCUT2D eigenvalue weighted by Gasteiger charge is 2.36. The fraction of sp³-hybridized carbons (Fsp3) is 0.706. The highest BCUT2D eigenvalue weighted by molar-refractivity contribution is 6.34. The molecule has 3 atom stereocenters. The first-order valence-corrected chi connectivity index (χ1v) is 9.22. The standard InChI is InChI=1S/C17H25F3N4O6/c1-8(2)5-11(24-16(29)13(21)26)15(28)23-10(6-9-3-4-22-14(9)27)12(25)7-30-17(18,19)20/h8-11H,3-7H2,1-2H3,(H2,21,26)(H,22,27)(H,23,28)(H,24,29)/t9-,10-,11-/m0/s1. The van der Waals surface area contributed by atoms with E-state index in [1.807, 2.05) is 0 Å². The number of Topliss-reactive ketones (excluding diaryl/α,β-unsaturated/α-hetero) is 1. The molecule has 0 saturated carbocycles. The minimum absolute atomic E-state index is 0.0642. The third-order valence-corrected chi connectivity index (χ3v) is 4.32. The molecule has 0 unspecified atom stereocenters. The lowest BCUT2D eigenvalue weighted by atomic mass is 9.95. The molecule has 1 fully saturated rings. The number of carbonyl (C=O) groups excluding carboxylic acids is 5. The predicted octanol–water partition coefficient (Wildman–Crippen LogP) is -0.881. The number of ether oxygens (including phenoxy) is 1. The van der Waals surface area contributed by atoms with E-state index in [0.717, 1.165) is 0 Å². The van der Waals surface area contributed by atoms with Crippen molar-refractivity contribution in [3.8, 4) is 0 Å². The molecule has 1 aliphatic heterocycles. The molecule has 0 aromatic carbocycles. The number of alkyl halides is 3. The molecule has 0 spiro atoms. The van der Waals surface area contributed by atoms with Gasteiger partial charge in [-0.3, -0.25) is 28.7 Å². The monoisotopic (exact) mass is 438 g/mol. The van der Waals surface area contributed by atoms with Crippen molar-refractivity contribution in [1.29, 1.82) is 0 Å². The quantitative estimate of drug-likeness (QED) is 0.325. The Morgan fingerprint density at radius 1 is 1.20 bits per heavy atom. The van der Waals surface area contributed by atoms with Gasteiger partial charge in [-0.05, 0) is 25.2 Å². The summed E-state index contributed by atoms with van der Waals surface area (Å²) in [6, 6.07) is -2.73. The zero-order valence-electron chi connectivity index (χ0n) is 16.5. The average molecular weight is 438 g/mol. The van der Waals surface area contributed by atoms with E-state index < -0.39 is 54.5 Å². The van der Waals surface area contributed by atoms with E-state index in [9.17, 15) is 37.1 Å². The molecule has 30 heavy (non-hydrogen) atoms. The van der Waals surface area contributed by atoms with Crippen LogP contribution >= 0.6 is 0 Å². The van der Waals surface area contributed by atoms with Gasteiger partial charge in [0.2, 0.25) is 11.8 Å². The van der Waals surface area contributed by atoms with Crippen LogP contribution in [0.5, 0.6) is 0 Å². The predicted molar refractivity (Wildman–Crippen MR) is 95.3 cm³/mol. The van der Waals surface area contributed by atoms with E-state index in [1.165, 1.54) is 0 Å². The van der Waals surface area contributed by atoms with Crippen molar-refractivity contribution in [3.63, 3.8) is 0 Å². The maximum Gasteiger partial charge on any atom is 0.522 e. The molecule has 10 nitrogen and oxygen atoms in total. The molecule has 0 aromatic heterocycles. The van der Waals surface area contributed by atoms with Crippen molar-refractivity contribution in [2.45, 2.75) is 51.6 Å². The van der Waals surface area contributed by atoms with Crippen LogP contribution in [0.1, 0.15) is 33.1 Å². The smallest absolute Gasteiger partial charge is 0.361 e. The van der Waals surface area contributed by atoms with E-state index in [0.29, 0.717) is 13.0 Å². The van der Waals surface area contributed by atoms with Gasteiger partial charge in [-0.1, -0.05) is 13.8 Å². The van der Waals surface area contributed by atoms with Crippen molar-refractivity contribution >= 4 is 29.4 Å². The van der Waals surface area contributed by atoms with Gasteiger partial charge in [0.15, 0.2) is 5.78 Å². The van der Waals surface area contributed by atoms with Gasteiger partial charge in [-0.15, -0.1) is 13.2 Å². The molecule has 1 rings (SSSR count). The number of hydrogen-bond donors (Lipinski definition) is 4. The van der Waals surface area contributed by atoms with Crippen LogP contribution in [0, 0.1) is 11.8 Å². The van der Waals surface area contributed by atoms with E-state index in [2.05, 4.69) is 20.7 Å². The van der Waals surface area contributed by atoms with Crippen molar-refractivity contribution in [3.05, 3.63) is 0 Å². The Labute approximate surface area is 170 Å². The Kier molecular flexibility index (Phi) is 9.21. The van der Waals surface area contributed by atoms with Gasteiger partial charge < -0.3 is 21.7 Å². The summed E-state index contributed by atoms with van der Waals surface area (Å²) in [4.78, 5) is 59.2. The summed E-state index contributed by atoms with van der Waals surface area (Å²) in [7, 11) is 0. The summed E-state index contributed by atoms with van der Waals surface area (Å²) in [5.41, 5.74) is 4.86. The van der Waals surface area contributed by atoms with Crippen LogP contribution < -0.4 is 21.7 Å². The van der Waals surface area contributed by atoms with Crippen molar-refractivity contribution in [1.82, 2.24) is 16.0 Å². The van der Waals surface area contributed by atoms with Gasteiger partial charge in [-0.25, -0.2) is 0 Å². The molecule has 1 saturated heterocycles. The summed E-state index contributed by atoms with van der Waals surface area (Å²) >= 11 is 0. The number of nitrogens with one attached hydrogen (secondary N) is 3. The largest absolute Gasteiger partial charge is 0.522 e. The Bertz CT molecular complexity index is 683. The minimum Gasteiger partial charge on any atom is -0.361 e. The lowest BCUT2D eigenvalue weighted by Gasteiger charge is -2.24. The van der Waals surface area contributed by atoms with Gasteiger partial charge in [0.25, 0.3) is 0 Å². The normalized spacial score (nSPS) is 18.5. The highest BCUT2D eigenvalue weighted by Crippen LogP contribution is 2.19. The maximum absolute atomic E-state index is 12.6. The molecule has 170 valence electrons. The fourth-order valence-electron chi connectivity index (χ4n) is 2.88. The first-order valence-electron chi connectivity index (χ1n) is 9.22. The average Bonchev–Trinajstić information content (AvgIpc) is 3.01. The molecular weight excluding hydrogens is 413 g/mol. The van der Waals surface area contributed by atoms with Crippen LogP contribution in [0.25, 0.3) is 0 Å². The first-order chi connectivity index (χ1) is 13.8. The second-order valence-electron chi connectivity index (χ2n) is 7.29. The fourth-order valence-corrected chi connectivity index (χ4v) is 2.88. The summed E-state index contributed by atoms with van der Waals surface area (Å²) < 4.78 is 40.4. The number of halogens is 3. The number of primary amides is 1. The molecule has 1 aliphatic rings. The first kappa shape index (κ1) is 25.3. The molecule has 5 N–H and O–H groups in total. The molecule has 0 bridgehead atoms. The van der Waals surface area contributed by atoms with Crippen LogP contribution in [0.3, 0.4) is 0 Å². The SMILES string of the molecule is CC(C)C[C@H](NC(=O)C(N)=O)C(=O)N[C@@H](C[C@@H]1CCNC1=O)C(=O)COC(F)(F)F. The van der Waals surface area contributed by atoms with Gasteiger partial charge in [-0.2, -0.15) is 0 Å². The second-order valence-corrected chi connectivity index (χ2v) is 7.29. The molecular formula is C17H25F3N4O6. The Morgan fingerprint density at radius 2 is 1.83 bits per heavy atom. The molecule has 4 amide bonds. The molecule has 0 aromatic rings. The third kappa shape index (κ3) is 8.76. The Balaban J connectivity index is 2.95. The molecule has 0 radical (unpaired) electrons. The zero-order chi connectivity index (χ0) is 23.1. The van der Waals surface area contributed by atoms with E-state index in [-0.39, 0.29) is 24.7 Å². The number of ketones is 1. The Hall–Kier alpha value is -2.70. The molecule has 13 heteroatoms. The van der Waals surface area contributed by atoms with Crippen molar-refractivity contribution in [2.75, 3.05) is 13.2 Å². The lowest BCUT2D eigenvalue weighted by molar-refractivity contribution is -0.321. The van der Waals surface area contributed by atoms with Crippen LogP contribution in [-0.2, 0) is 28.7 Å². The zero-order valence-corrected chi connectivity index (χ0v) is 16.5. The third-order valence-electron chi connectivity index (χ3n) is 4.32. The molecule has 0 aliphatic carbocycles. The second kappa shape index (κ2) is 10.9. The Morgan fingerprint density at radius 3 is 2.30 bits per heavy atom. The van der Waals surface area contributed by atoms with Crippen LogP contribution in [-0.4, -0.2) is 61.0 Å². The topological polar surface area (TPSA) is 157 Å². The van der Waals surface area contributed by atoms with Crippen LogP contribution in [0.15, 0.2) is 0 Å². The number of nitrogens with two attached hydrogens (primary N) is 1. The number of hydrogen-bond acceptors (Lipinski definition) is 6. The number of amides is 4. The van der Waals surface area contributed by atoms with E-state index in [1.54, 1.807) is 13.8 Å².